The quantitative estimate of drug-likeness (QED) is 0.755. The summed E-state index contributed by atoms with van der Waals surface area (Å²) in [7, 11) is 0.174. The molecule has 1 amide bonds. The molecular formula is C19H24N4O3S. The minimum absolute atomic E-state index is 0.0172. The van der Waals surface area contributed by atoms with Crippen LogP contribution in [-0.2, 0) is 16.6 Å². The molecule has 1 aromatic heterocycles. The smallest absolute Gasteiger partial charge is 0.251 e. The van der Waals surface area contributed by atoms with Crippen molar-refractivity contribution in [3.8, 4) is 0 Å². The number of aromatic nitrogens is 1. The van der Waals surface area contributed by atoms with Gasteiger partial charge in [-0.2, -0.15) is 0 Å². The second-order valence-electron chi connectivity index (χ2n) is 6.94. The number of pyridine rings is 1. The van der Waals surface area contributed by atoms with Gasteiger partial charge in [-0.05, 0) is 43.5 Å². The van der Waals surface area contributed by atoms with E-state index in [0.717, 1.165) is 29.8 Å². The van der Waals surface area contributed by atoms with Gasteiger partial charge in [0.25, 0.3) is 5.91 Å². The average molecular weight is 388 g/mol. The predicted octanol–water partition coefficient (Wildman–Crippen LogP) is 1.83. The van der Waals surface area contributed by atoms with Gasteiger partial charge in [-0.3, -0.25) is 4.79 Å². The Labute approximate surface area is 159 Å². The highest BCUT2D eigenvalue weighted by Crippen LogP contribution is 2.23. The molecule has 0 atom stereocenters. The van der Waals surface area contributed by atoms with Crippen LogP contribution in [0.1, 0.15) is 34.3 Å². The number of hydrogen-bond donors (Lipinski definition) is 2. The van der Waals surface area contributed by atoms with Crippen molar-refractivity contribution in [2.45, 2.75) is 37.2 Å². The molecule has 1 aliphatic carbocycles. The van der Waals surface area contributed by atoms with Gasteiger partial charge in [0, 0.05) is 44.0 Å². The molecule has 0 aliphatic heterocycles. The Morgan fingerprint density at radius 2 is 2.00 bits per heavy atom. The molecule has 8 heteroatoms. The zero-order valence-electron chi connectivity index (χ0n) is 15.7. The molecule has 2 N–H and O–H groups in total. The summed E-state index contributed by atoms with van der Waals surface area (Å²) in [5.41, 5.74) is 1.95. The first kappa shape index (κ1) is 19.3. The van der Waals surface area contributed by atoms with Crippen LogP contribution in [0.2, 0.25) is 0 Å². The summed E-state index contributed by atoms with van der Waals surface area (Å²) in [6.07, 6.45) is 3.42. The summed E-state index contributed by atoms with van der Waals surface area (Å²) in [4.78, 5) is 19.0. The van der Waals surface area contributed by atoms with E-state index in [4.69, 9.17) is 0 Å². The normalized spacial score (nSPS) is 14.0. The van der Waals surface area contributed by atoms with Crippen LogP contribution in [-0.4, -0.2) is 39.4 Å². The number of rotatable bonds is 7. The van der Waals surface area contributed by atoms with E-state index < -0.39 is 10.0 Å². The van der Waals surface area contributed by atoms with E-state index in [9.17, 15) is 13.2 Å². The standard InChI is InChI=1S/C19H24N4O3S/c1-13-6-9-16(27(25,26)22-15-7-8-15)11-17(13)19(24)21-12-14-5-4-10-20-18(14)23(2)3/h4-6,9-11,15,22H,7-8,12H2,1-3H3,(H,21,24). The first-order valence-corrected chi connectivity index (χ1v) is 10.3. The number of aryl methyl sites for hydroxylation is 1. The second kappa shape index (κ2) is 7.66. The minimum Gasteiger partial charge on any atom is -0.362 e. The SMILES string of the molecule is Cc1ccc(S(=O)(=O)NC2CC2)cc1C(=O)NCc1cccnc1N(C)C. The Balaban J connectivity index is 1.78. The van der Waals surface area contributed by atoms with Crippen molar-refractivity contribution in [2.24, 2.45) is 0 Å². The molecule has 144 valence electrons. The number of hydrogen-bond acceptors (Lipinski definition) is 5. The van der Waals surface area contributed by atoms with Crippen LogP contribution in [0.15, 0.2) is 41.4 Å². The monoisotopic (exact) mass is 388 g/mol. The van der Waals surface area contributed by atoms with E-state index in [0.29, 0.717) is 12.1 Å². The van der Waals surface area contributed by atoms with Gasteiger partial charge in [0.15, 0.2) is 0 Å². The molecule has 2 aromatic rings. The first-order chi connectivity index (χ1) is 12.8. The van der Waals surface area contributed by atoms with E-state index >= 15 is 0 Å². The lowest BCUT2D eigenvalue weighted by molar-refractivity contribution is 0.0950. The Hall–Kier alpha value is -2.45. The third-order valence-corrected chi connectivity index (χ3v) is 5.91. The second-order valence-corrected chi connectivity index (χ2v) is 8.65. The summed E-state index contributed by atoms with van der Waals surface area (Å²) >= 11 is 0. The number of carbonyl (C=O) groups is 1. The summed E-state index contributed by atoms with van der Waals surface area (Å²) in [5, 5.41) is 2.86. The molecule has 1 saturated carbocycles. The Kier molecular flexibility index (Phi) is 5.48. The molecule has 0 radical (unpaired) electrons. The minimum atomic E-state index is -3.60. The van der Waals surface area contributed by atoms with Crippen LogP contribution in [0.3, 0.4) is 0 Å². The molecule has 1 aliphatic rings. The van der Waals surface area contributed by atoms with Crippen molar-refractivity contribution in [2.75, 3.05) is 19.0 Å². The number of anilines is 1. The third-order valence-electron chi connectivity index (χ3n) is 4.39. The topological polar surface area (TPSA) is 91.4 Å². The van der Waals surface area contributed by atoms with Crippen molar-refractivity contribution >= 4 is 21.7 Å². The van der Waals surface area contributed by atoms with Crippen molar-refractivity contribution in [3.05, 3.63) is 53.2 Å². The summed E-state index contributed by atoms with van der Waals surface area (Å²) in [6, 6.07) is 8.36. The number of amides is 1. The molecule has 0 spiro atoms. The summed E-state index contributed by atoms with van der Waals surface area (Å²) in [6.45, 7) is 2.09. The molecule has 3 rings (SSSR count). The van der Waals surface area contributed by atoms with Gasteiger partial charge in [-0.1, -0.05) is 12.1 Å². The third kappa shape index (κ3) is 4.64. The number of sulfonamides is 1. The number of nitrogens with one attached hydrogen (secondary N) is 2. The van der Waals surface area contributed by atoms with Crippen molar-refractivity contribution in [1.29, 1.82) is 0 Å². The number of nitrogens with zero attached hydrogens (tertiary/aromatic N) is 2. The molecule has 0 unspecified atom stereocenters. The molecule has 1 fully saturated rings. The van der Waals surface area contributed by atoms with Crippen molar-refractivity contribution < 1.29 is 13.2 Å². The maximum absolute atomic E-state index is 12.7. The van der Waals surface area contributed by atoms with Gasteiger partial charge < -0.3 is 10.2 Å². The fraction of sp³-hybridized carbons (Fsp3) is 0.368. The fourth-order valence-corrected chi connectivity index (χ4v) is 4.07. The van der Waals surface area contributed by atoms with Crippen LogP contribution >= 0.6 is 0 Å². The first-order valence-electron chi connectivity index (χ1n) is 8.80. The maximum Gasteiger partial charge on any atom is 0.251 e. The molecule has 1 heterocycles. The highest BCUT2D eigenvalue weighted by Gasteiger charge is 2.28. The summed E-state index contributed by atoms with van der Waals surface area (Å²) < 4.78 is 27.5. The van der Waals surface area contributed by atoms with Crippen LogP contribution < -0.4 is 14.9 Å². The van der Waals surface area contributed by atoms with Crippen LogP contribution in [0.5, 0.6) is 0 Å². The largest absolute Gasteiger partial charge is 0.362 e. The Morgan fingerprint density at radius 3 is 2.67 bits per heavy atom. The van der Waals surface area contributed by atoms with Crippen molar-refractivity contribution in [1.82, 2.24) is 15.0 Å². The maximum atomic E-state index is 12.7. The van der Waals surface area contributed by atoms with E-state index in [1.54, 1.807) is 19.2 Å². The highest BCUT2D eigenvalue weighted by molar-refractivity contribution is 7.89. The fourth-order valence-electron chi connectivity index (χ4n) is 2.74. The van der Waals surface area contributed by atoms with Gasteiger partial charge in [-0.15, -0.1) is 0 Å². The van der Waals surface area contributed by atoms with Gasteiger partial charge in [0.2, 0.25) is 10.0 Å². The van der Waals surface area contributed by atoms with E-state index in [1.807, 2.05) is 31.1 Å². The molecule has 0 bridgehead atoms. The number of benzene rings is 1. The van der Waals surface area contributed by atoms with Crippen LogP contribution in [0.4, 0.5) is 5.82 Å². The Bertz CT molecular complexity index is 953. The van der Waals surface area contributed by atoms with Gasteiger partial charge in [-0.25, -0.2) is 18.1 Å². The van der Waals surface area contributed by atoms with Crippen LogP contribution in [0, 0.1) is 6.92 Å². The van der Waals surface area contributed by atoms with E-state index in [1.165, 1.54) is 12.1 Å². The predicted molar refractivity (Wildman–Crippen MR) is 104 cm³/mol. The molecule has 27 heavy (non-hydrogen) atoms. The lowest BCUT2D eigenvalue weighted by atomic mass is 10.1. The van der Waals surface area contributed by atoms with Gasteiger partial charge in [0.05, 0.1) is 4.90 Å². The zero-order chi connectivity index (χ0) is 19.6. The molecule has 0 saturated heterocycles. The lowest BCUT2D eigenvalue weighted by Crippen LogP contribution is -2.28. The lowest BCUT2D eigenvalue weighted by Gasteiger charge is -2.16. The van der Waals surface area contributed by atoms with E-state index in [-0.39, 0.29) is 16.8 Å². The zero-order valence-corrected chi connectivity index (χ0v) is 16.5. The molecule has 1 aromatic carbocycles. The van der Waals surface area contributed by atoms with Gasteiger partial charge in [0.1, 0.15) is 5.82 Å². The van der Waals surface area contributed by atoms with E-state index in [2.05, 4.69) is 15.0 Å². The molecule has 7 nitrogen and oxygen atoms in total. The van der Waals surface area contributed by atoms with Crippen LogP contribution in [0.25, 0.3) is 0 Å². The molecular weight excluding hydrogens is 364 g/mol. The van der Waals surface area contributed by atoms with Crippen molar-refractivity contribution in [3.63, 3.8) is 0 Å². The average Bonchev–Trinajstić information content (AvgIpc) is 3.43. The summed E-state index contributed by atoms with van der Waals surface area (Å²) in [5.74, 6) is 0.462. The van der Waals surface area contributed by atoms with Gasteiger partial charge >= 0.3 is 0 Å². The Morgan fingerprint density at radius 1 is 1.26 bits per heavy atom. The highest BCUT2D eigenvalue weighted by atomic mass is 32.2. The number of carbonyl (C=O) groups excluding carboxylic acids is 1.